The normalized spacial score (nSPS) is 12.2. The van der Waals surface area contributed by atoms with E-state index in [1.807, 2.05) is 30.3 Å². The molecule has 0 aliphatic rings. The van der Waals surface area contributed by atoms with Crippen molar-refractivity contribution in [3.8, 4) is 16.2 Å². The Morgan fingerprint density at radius 1 is 1.21 bits per heavy atom. The monoisotopic (exact) mass is 396 g/mol. The van der Waals surface area contributed by atoms with Crippen molar-refractivity contribution in [2.75, 3.05) is 7.11 Å². The highest BCUT2D eigenvalue weighted by atomic mass is 32.1. The molecule has 0 saturated carbocycles. The highest BCUT2D eigenvalue weighted by Crippen LogP contribution is 2.31. The van der Waals surface area contributed by atoms with Crippen LogP contribution in [0.1, 0.15) is 11.7 Å². The van der Waals surface area contributed by atoms with Crippen LogP contribution in [0, 0.1) is 5.82 Å². The third-order valence-electron chi connectivity index (χ3n) is 4.48. The molecule has 2 heterocycles. The number of hydrogen-bond donors (Lipinski definition) is 1. The number of thiophene rings is 1. The Labute approximate surface area is 164 Å². The first-order valence-corrected chi connectivity index (χ1v) is 9.44. The molecule has 1 atom stereocenters. The second-order valence-electron chi connectivity index (χ2n) is 6.33. The molecule has 0 fully saturated rings. The maximum atomic E-state index is 13.4. The Balaban J connectivity index is 1.66. The van der Waals surface area contributed by atoms with Gasteiger partial charge in [-0.3, -0.25) is 9.36 Å². The molecule has 0 saturated heterocycles. The Morgan fingerprint density at radius 3 is 2.71 bits per heavy atom. The number of halogens is 1. The summed E-state index contributed by atoms with van der Waals surface area (Å²) in [4.78, 5) is 18.1. The number of rotatable bonds is 5. The second kappa shape index (κ2) is 7.53. The first-order valence-electron chi connectivity index (χ1n) is 8.62. The van der Waals surface area contributed by atoms with Gasteiger partial charge in [0.05, 0.1) is 31.6 Å². The lowest BCUT2D eigenvalue weighted by molar-refractivity contribution is 0.154. The predicted molar refractivity (Wildman–Crippen MR) is 107 cm³/mol. The first kappa shape index (κ1) is 18.3. The quantitative estimate of drug-likeness (QED) is 0.554. The van der Waals surface area contributed by atoms with Gasteiger partial charge in [0.1, 0.15) is 16.3 Å². The van der Waals surface area contributed by atoms with Crippen LogP contribution in [0.3, 0.4) is 0 Å². The topological polar surface area (TPSA) is 64.3 Å². The van der Waals surface area contributed by atoms with E-state index in [0.717, 1.165) is 16.2 Å². The SMILES string of the molecule is COc1ccc(-c2cc3ncn(CC(O)c4cccc(F)c4)c(=O)c3s2)cc1. The lowest BCUT2D eigenvalue weighted by Crippen LogP contribution is -2.23. The smallest absolute Gasteiger partial charge is 0.271 e. The molecule has 0 bridgehead atoms. The maximum absolute atomic E-state index is 13.4. The molecule has 2 aromatic carbocycles. The second-order valence-corrected chi connectivity index (χ2v) is 7.38. The summed E-state index contributed by atoms with van der Waals surface area (Å²) in [5.74, 6) is 0.330. The highest BCUT2D eigenvalue weighted by Gasteiger charge is 2.14. The summed E-state index contributed by atoms with van der Waals surface area (Å²) < 4.78 is 20.4. The number of ether oxygens (including phenoxy) is 1. The van der Waals surface area contributed by atoms with Crippen LogP contribution in [-0.4, -0.2) is 21.8 Å². The summed E-state index contributed by atoms with van der Waals surface area (Å²) in [5.41, 5.74) is 1.76. The number of fused-ring (bicyclic) bond motifs is 1. The number of aromatic nitrogens is 2. The van der Waals surface area contributed by atoms with Crippen molar-refractivity contribution in [3.05, 3.63) is 82.7 Å². The number of aliphatic hydroxyl groups is 1. The standard InChI is InChI=1S/C21H17FN2O3S/c1-27-16-7-5-13(6-8-16)19-10-17-20(28-19)21(26)24(12-23-17)11-18(25)14-3-2-4-15(22)9-14/h2-10,12,18,25H,11H2,1H3. The third kappa shape index (κ3) is 3.54. The van der Waals surface area contributed by atoms with Gasteiger partial charge in [-0.2, -0.15) is 0 Å². The fraction of sp³-hybridized carbons (Fsp3) is 0.143. The zero-order valence-electron chi connectivity index (χ0n) is 15.0. The van der Waals surface area contributed by atoms with E-state index in [-0.39, 0.29) is 12.1 Å². The zero-order valence-corrected chi connectivity index (χ0v) is 15.8. The summed E-state index contributed by atoms with van der Waals surface area (Å²) in [6.45, 7) is 0.000988. The maximum Gasteiger partial charge on any atom is 0.271 e. The molecule has 0 aliphatic carbocycles. The third-order valence-corrected chi connectivity index (χ3v) is 5.64. The Bertz CT molecular complexity index is 1180. The Morgan fingerprint density at radius 2 is 2.00 bits per heavy atom. The number of nitrogens with zero attached hydrogens (tertiary/aromatic N) is 2. The Hall–Kier alpha value is -3.03. The van der Waals surface area contributed by atoms with Crippen LogP contribution in [0.15, 0.2) is 65.7 Å². The molecule has 7 heteroatoms. The fourth-order valence-corrected chi connectivity index (χ4v) is 4.04. The molecule has 5 nitrogen and oxygen atoms in total. The van der Waals surface area contributed by atoms with E-state index in [1.165, 1.54) is 40.4 Å². The van der Waals surface area contributed by atoms with Gasteiger partial charge >= 0.3 is 0 Å². The minimum absolute atomic E-state index is 0.000988. The van der Waals surface area contributed by atoms with Crippen molar-refractivity contribution in [1.29, 1.82) is 0 Å². The van der Waals surface area contributed by atoms with E-state index in [2.05, 4.69) is 4.98 Å². The van der Waals surface area contributed by atoms with Crippen LogP contribution in [0.25, 0.3) is 20.7 Å². The summed E-state index contributed by atoms with van der Waals surface area (Å²) in [7, 11) is 1.61. The molecule has 4 aromatic rings. The lowest BCUT2D eigenvalue weighted by atomic mass is 10.1. The molecule has 1 N–H and O–H groups in total. The van der Waals surface area contributed by atoms with Gasteiger partial charge in [0.25, 0.3) is 5.56 Å². The van der Waals surface area contributed by atoms with Crippen molar-refractivity contribution >= 4 is 21.6 Å². The van der Waals surface area contributed by atoms with E-state index in [9.17, 15) is 14.3 Å². The van der Waals surface area contributed by atoms with Gasteiger partial charge in [-0.1, -0.05) is 12.1 Å². The predicted octanol–water partition coefficient (Wildman–Crippen LogP) is 4.01. The van der Waals surface area contributed by atoms with Crippen molar-refractivity contribution in [1.82, 2.24) is 9.55 Å². The van der Waals surface area contributed by atoms with E-state index >= 15 is 0 Å². The summed E-state index contributed by atoms with van der Waals surface area (Å²) in [6, 6.07) is 15.2. The van der Waals surface area contributed by atoms with Crippen molar-refractivity contribution in [3.63, 3.8) is 0 Å². The molecular formula is C21H17FN2O3S. The summed E-state index contributed by atoms with van der Waals surface area (Å²) in [6.07, 6.45) is 0.409. The molecule has 0 aliphatic heterocycles. The van der Waals surface area contributed by atoms with Gasteiger partial charge in [-0.25, -0.2) is 9.37 Å². The van der Waals surface area contributed by atoms with Crippen molar-refractivity contribution in [2.45, 2.75) is 12.6 Å². The fourth-order valence-electron chi connectivity index (χ4n) is 2.98. The molecule has 142 valence electrons. The van der Waals surface area contributed by atoms with Gasteiger partial charge < -0.3 is 9.84 Å². The van der Waals surface area contributed by atoms with E-state index in [4.69, 9.17) is 4.74 Å². The molecule has 2 aromatic heterocycles. The van der Waals surface area contributed by atoms with Crippen LogP contribution in [0.2, 0.25) is 0 Å². The minimum atomic E-state index is -1.01. The molecule has 0 amide bonds. The van der Waals surface area contributed by atoms with Crippen LogP contribution < -0.4 is 10.3 Å². The van der Waals surface area contributed by atoms with E-state index < -0.39 is 11.9 Å². The van der Waals surface area contributed by atoms with Gasteiger partial charge in [0.15, 0.2) is 0 Å². The van der Waals surface area contributed by atoms with Gasteiger partial charge in [-0.05, 0) is 53.6 Å². The van der Waals surface area contributed by atoms with Crippen molar-refractivity contribution in [2.24, 2.45) is 0 Å². The van der Waals surface area contributed by atoms with Gasteiger partial charge in [-0.15, -0.1) is 11.3 Å². The largest absolute Gasteiger partial charge is 0.497 e. The number of hydrogen-bond acceptors (Lipinski definition) is 5. The van der Waals surface area contributed by atoms with E-state index in [1.54, 1.807) is 13.2 Å². The summed E-state index contributed by atoms with van der Waals surface area (Å²) in [5, 5.41) is 10.4. The number of benzene rings is 2. The van der Waals surface area contributed by atoms with Gasteiger partial charge in [0, 0.05) is 4.88 Å². The molecule has 1 unspecified atom stereocenters. The first-order chi connectivity index (χ1) is 13.5. The van der Waals surface area contributed by atoms with Crippen LogP contribution in [0.5, 0.6) is 5.75 Å². The molecular weight excluding hydrogens is 379 g/mol. The zero-order chi connectivity index (χ0) is 19.7. The average molecular weight is 396 g/mol. The molecule has 0 spiro atoms. The van der Waals surface area contributed by atoms with Crippen LogP contribution >= 0.6 is 11.3 Å². The number of methoxy groups -OCH3 is 1. The van der Waals surface area contributed by atoms with Crippen LogP contribution in [-0.2, 0) is 6.54 Å². The highest BCUT2D eigenvalue weighted by molar-refractivity contribution is 7.22. The average Bonchev–Trinajstić information content (AvgIpc) is 3.15. The lowest BCUT2D eigenvalue weighted by Gasteiger charge is -2.12. The molecule has 0 radical (unpaired) electrons. The van der Waals surface area contributed by atoms with Gasteiger partial charge in [0.2, 0.25) is 0 Å². The minimum Gasteiger partial charge on any atom is -0.497 e. The molecule has 28 heavy (non-hydrogen) atoms. The molecule has 4 rings (SSSR count). The van der Waals surface area contributed by atoms with Crippen LogP contribution in [0.4, 0.5) is 4.39 Å². The van der Waals surface area contributed by atoms with E-state index in [0.29, 0.717) is 15.8 Å². The summed E-state index contributed by atoms with van der Waals surface area (Å²) >= 11 is 1.35. The van der Waals surface area contributed by atoms with Crippen molar-refractivity contribution < 1.29 is 14.2 Å². The number of aliphatic hydroxyl groups excluding tert-OH is 1. The Kier molecular flexibility index (Phi) is 4.93.